The first-order chi connectivity index (χ1) is 10.2. The largest absolute Gasteiger partial charge is 0.349 e. The summed E-state index contributed by atoms with van der Waals surface area (Å²) in [5.74, 6) is 0.856. The SMILES string of the molecule is CCN(CC)c1ncc(CNCCCCCCC(C)C)s1. The predicted molar refractivity (Wildman–Crippen MR) is 95.3 cm³/mol. The van der Waals surface area contributed by atoms with Crippen molar-refractivity contribution in [3.63, 3.8) is 0 Å². The minimum Gasteiger partial charge on any atom is -0.349 e. The fraction of sp³-hybridized carbons (Fsp3) is 0.824. The second-order valence-corrected chi connectivity index (χ2v) is 7.15. The molecule has 1 heterocycles. The molecule has 1 aromatic rings. The molecular formula is C17H33N3S. The highest BCUT2D eigenvalue weighted by atomic mass is 32.1. The normalized spacial score (nSPS) is 11.3. The molecule has 0 unspecified atom stereocenters. The third-order valence-electron chi connectivity index (χ3n) is 3.76. The van der Waals surface area contributed by atoms with Crippen molar-refractivity contribution in [3.8, 4) is 0 Å². The number of nitrogens with one attached hydrogen (secondary N) is 1. The molecule has 4 heteroatoms. The molecule has 0 spiro atoms. The maximum absolute atomic E-state index is 4.52. The zero-order chi connectivity index (χ0) is 15.5. The fourth-order valence-electron chi connectivity index (χ4n) is 2.39. The molecule has 0 aliphatic heterocycles. The van der Waals surface area contributed by atoms with Crippen LogP contribution in [0, 0.1) is 5.92 Å². The van der Waals surface area contributed by atoms with Gasteiger partial charge in [-0.05, 0) is 32.7 Å². The van der Waals surface area contributed by atoms with Gasteiger partial charge in [-0.2, -0.15) is 0 Å². The molecule has 122 valence electrons. The lowest BCUT2D eigenvalue weighted by atomic mass is 10.0. The Kier molecular flexibility index (Phi) is 9.68. The van der Waals surface area contributed by atoms with Crippen molar-refractivity contribution in [2.24, 2.45) is 5.92 Å². The monoisotopic (exact) mass is 311 g/mol. The highest BCUT2D eigenvalue weighted by Crippen LogP contribution is 2.21. The summed E-state index contributed by atoms with van der Waals surface area (Å²) in [6, 6.07) is 0. The summed E-state index contributed by atoms with van der Waals surface area (Å²) in [6.45, 7) is 13.1. The number of nitrogens with zero attached hydrogens (tertiary/aromatic N) is 2. The summed E-state index contributed by atoms with van der Waals surface area (Å²) >= 11 is 1.82. The molecule has 1 N–H and O–H groups in total. The van der Waals surface area contributed by atoms with E-state index in [1.165, 1.54) is 37.0 Å². The third-order valence-corrected chi connectivity index (χ3v) is 4.82. The molecule has 0 bridgehead atoms. The summed E-state index contributed by atoms with van der Waals surface area (Å²) in [4.78, 5) is 8.17. The van der Waals surface area contributed by atoms with Gasteiger partial charge in [-0.15, -0.1) is 11.3 Å². The number of rotatable bonds is 12. The van der Waals surface area contributed by atoms with Gasteiger partial charge in [0.15, 0.2) is 5.13 Å². The van der Waals surface area contributed by atoms with Gasteiger partial charge < -0.3 is 10.2 Å². The fourth-order valence-corrected chi connectivity index (χ4v) is 3.39. The molecule has 0 fully saturated rings. The number of thiazole rings is 1. The van der Waals surface area contributed by atoms with Gasteiger partial charge in [0.1, 0.15) is 0 Å². The minimum atomic E-state index is 0.856. The maximum atomic E-state index is 4.52. The first kappa shape index (κ1) is 18.4. The van der Waals surface area contributed by atoms with E-state index >= 15 is 0 Å². The molecule has 1 rings (SSSR count). The van der Waals surface area contributed by atoms with Crippen LogP contribution in [-0.2, 0) is 6.54 Å². The van der Waals surface area contributed by atoms with E-state index in [1.807, 2.05) is 17.5 Å². The molecule has 3 nitrogen and oxygen atoms in total. The van der Waals surface area contributed by atoms with Crippen LogP contribution in [0.2, 0.25) is 0 Å². The van der Waals surface area contributed by atoms with Crippen molar-refractivity contribution in [2.45, 2.75) is 66.3 Å². The van der Waals surface area contributed by atoms with Crippen LogP contribution in [0.4, 0.5) is 5.13 Å². The molecule has 21 heavy (non-hydrogen) atoms. The van der Waals surface area contributed by atoms with Crippen LogP contribution in [0.25, 0.3) is 0 Å². The lowest BCUT2D eigenvalue weighted by Gasteiger charge is -2.16. The zero-order valence-electron chi connectivity index (χ0n) is 14.3. The molecule has 0 aliphatic rings. The van der Waals surface area contributed by atoms with E-state index in [2.05, 4.69) is 42.9 Å². The summed E-state index contributed by atoms with van der Waals surface area (Å²) < 4.78 is 0. The topological polar surface area (TPSA) is 28.2 Å². The van der Waals surface area contributed by atoms with Gasteiger partial charge in [0.25, 0.3) is 0 Å². The van der Waals surface area contributed by atoms with E-state index in [9.17, 15) is 0 Å². The standard InChI is InChI=1S/C17H33N3S/c1-5-20(6-2)17-19-14-16(21-17)13-18-12-10-8-7-9-11-15(3)4/h14-15,18H,5-13H2,1-4H3. The van der Waals surface area contributed by atoms with E-state index in [4.69, 9.17) is 0 Å². The summed E-state index contributed by atoms with van der Waals surface area (Å²) in [5.41, 5.74) is 0. The third kappa shape index (κ3) is 7.82. The van der Waals surface area contributed by atoms with E-state index in [1.54, 1.807) is 0 Å². The van der Waals surface area contributed by atoms with Crippen molar-refractivity contribution in [1.29, 1.82) is 0 Å². The first-order valence-electron chi connectivity index (χ1n) is 8.57. The van der Waals surface area contributed by atoms with Crippen LogP contribution in [0.1, 0.15) is 64.7 Å². The average molecular weight is 312 g/mol. The van der Waals surface area contributed by atoms with Crippen molar-refractivity contribution >= 4 is 16.5 Å². The van der Waals surface area contributed by atoms with Crippen molar-refractivity contribution in [2.75, 3.05) is 24.5 Å². The van der Waals surface area contributed by atoms with Gasteiger partial charge in [0.05, 0.1) is 0 Å². The van der Waals surface area contributed by atoms with Crippen LogP contribution >= 0.6 is 11.3 Å². The van der Waals surface area contributed by atoms with E-state index in [0.717, 1.165) is 37.2 Å². The number of unbranched alkanes of at least 4 members (excludes halogenated alkanes) is 3. The maximum Gasteiger partial charge on any atom is 0.185 e. The number of hydrogen-bond donors (Lipinski definition) is 1. The molecule has 1 aromatic heterocycles. The smallest absolute Gasteiger partial charge is 0.185 e. The van der Waals surface area contributed by atoms with Crippen LogP contribution in [0.3, 0.4) is 0 Å². The molecular weight excluding hydrogens is 278 g/mol. The van der Waals surface area contributed by atoms with Crippen molar-refractivity contribution in [3.05, 3.63) is 11.1 Å². The van der Waals surface area contributed by atoms with Gasteiger partial charge in [-0.25, -0.2) is 4.98 Å². The van der Waals surface area contributed by atoms with Crippen LogP contribution < -0.4 is 10.2 Å². The Bertz CT molecular complexity index is 359. The second kappa shape index (κ2) is 11.0. The average Bonchev–Trinajstić information content (AvgIpc) is 2.91. The first-order valence-corrected chi connectivity index (χ1v) is 9.39. The lowest BCUT2D eigenvalue weighted by molar-refractivity contribution is 0.512. The number of aromatic nitrogens is 1. The second-order valence-electron chi connectivity index (χ2n) is 6.05. The quantitative estimate of drug-likeness (QED) is 0.568. The lowest BCUT2D eigenvalue weighted by Crippen LogP contribution is -2.21. The van der Waals surface area contributed by atoms with E-state index in [0.29, 0.717) is 0 Å². The Hall–Kier alpha value is -0.610. The summed E-state index contributed by atoms with van der Waals surface area (Å²) in [7, 11) is 0. The van der Waals surface area contributed by atoms with Crippen molar-refractivity contribution in [1.82, 2.24) is 10.3 Å². The van der Waals surface area contributed by atoms with Crippen LogP contribution in [0.5, 0.6) is 0 Å². The Labute approximate surface area is 135 Å². The molecule has 0 atom stereocenters. The van der Waals surface area contributed by atoms with Gasteiger partial charge in [-0.1, -0.05) is 39.5 Å². The molecule has 0 radical (unpaired) electrons. The van der Waals surface area contributed by atoms with Crippen LogP contribution in [-0.4, -0.2) is 24.6 Å². The zero-order valence-corrected chi connectivity index (χ0v) is 15.1. The molecule has 0 saturated heterocycles. The van der Waals surface area contributed by atoms with E-state index < -0.39 is 0 Å². The molecule has 0 amide bonds. The number of anilines is 1. The van der Waals surface area contributed by atoms with Crippen LogP contribution in [0.15, 0.2) is 6.20 Å². The highest BCUT2D eigenvalue weighted by Gasteiger charge is 2.07. The Morgan fingerprint density at radius 2 is 1.86 bits per heavy atom. The number of hydrogen-bond acceptors (Lipinski definition) is 4. The Morgan fingerprint density at radius 1 is 1.14 bits per heavy atom. The summed E-state index contributed by atoms with van der Waals surface area (Å²) in [6.07, 6.45) is 8.82. The van der Waals surface area contributed by atoms with Gasteiger partial charge >= 0.3 is 0 Å². The summed E-state index contributed by atoms with van der Waals surface area (Å²) in [5, 5.41) is 4.70. The molecule has 0 aliphatic carbocycles. The molecule has 0 aromatic carbocycles. The van der Waals surface area contributed by atoms with E-state index in [-0.39, 0.29) is 0 Å². The minimum absolute atomic E-state index is 0.856. The Balaban J connectivity index is 2.08. The Morgan fingerprint density at radius 3 is 2.52 bits per heavy atom. The van der Waals surface area contributed by atoms with Gasteiger partial charge in [-0.3, -0.25) is 0 Å². The van der Waals surface area contributed by atoms with Gasteiger partial charge in [0, 0.05) is 30.7 Å². The highest BCUT2D eigenvalue weighted by molar-refractivity contribution is 7.15. The molecule has 0 saturated carbocycles. The van der Waals surface area contributed by atoms with Gasteiger partial charge in [0.2, 0.25) is 0 Å². The predicted octanol–water partition coefficient (Wildman–Crippen LogP) is 4.69. The van der Waals surface area contributed by atoms with Crippen molar-refractivity contribution < 1.29 is 0 Å².